The molecule has 0 nitrogen and oxygen atoms in total. The summed E-state index contributed by atoms with van der Waals surface area (Å²) < 4.78 is 0. The summed E-state index contributed by atoms with van der Waals surface area (Å²) in [6.07, 6.45) is 4.15. The number of rotatable bonds is 2. The molecule has 64 valence electrons. The van der Waals surface area contributed by atoms with Crippen molar-refractivity contribution in [1.29, 1.82) is 0 Å². The lowest BCUT2D eigenvalue weighted by Gasteiger charge is -2.22. The fraction of sp³-hybridized carbons (Fsp3) is 0.800. The molecule has 0 saturated heterocycles. The van der Waals surface area contributed by atoms with Gasteiger partial charge in [-0.15, -0.1) is 11.8 Å². The van der Waals surface area contributed by atoms with Crippen molar-refractivity contribution in [3.8, 4) is 0 Å². The molecule has 0 amide bonds. The van der Waals surface area contributed by atoms with Gasteiger partial charge in [-0.2, -0.15) is 0 Å². The van der Waals surface area contributed by atoms with Crippen LogP contribution in [0.4, 0.5) is 0 Å². The zero-order valence-corrected chi connectivity index (χ0v) is 8.63. The van der Waals surface area contributed by atoms with E-state index in [1.165, 1.54) is 25.0 Å². The summed E-state index contributed by atoms with van der Waals surface area (Å²) in [6, 6.07) is 0. The van der Waals surface area contributed by atoms with E-state index in [1.54, 1.807) is 10.5 Å². The summed E-state index contributed by atoms with van der Waals surface area (Å²) >= 11 is 2.04. The highest BCUT2D eigenvalue weighted by Gasteiger charge is 2.15. The Morgan fingerprint density at radius 1 is 1.55 bits per heavy atom. The summed E-state index contributed by atoms with van der Waals surface area (Å²) in [7, 11) is 0. The van der Waals surface area contributed by atoms with Crippen LogP contribution >= 0.6 is 11.8 Å². The quantitative estimate of drug-likeness (QED) is 0.607. The smallest absolute Gasteiger partial charge is 0.00517 e. The predicted molar refractivity (Wildman–Crippen MR) is 53.8 cm³/mol. The molecule has 1 atom stereocenters. The molecule has 0 N–H and O–H groups in total. The third kappa shape index (κ3) is 2.26. The van der Waals surface area contributed by atoms with Crippen molar-refractivity contribution >= 4 is 11.8 Å². The maximum Gasteiger partial charge on any atom is -0.00517 e. The van der Waals surface area contributed by atoms with Gasteiger partial charge in [-0.1, -0.05) is 19.4 Å². The van der Waals surface area contributed by atoms with E-state index >= 15 is 0 Å². The van der Waals surface area contributed by atoms with Gasteiger partial charge >= 0.3 is 0 Å². The Balaban J connectivity index is 2.63. The molecular formula is C10H18S. The lowest BCUT2D eigenvalue weighted by atomic mass is 9.90. The SMILES string of the molecule is CCSC1=C(C)C(C)CCC1. The van der Waals surface area contributed by atoms with Crippen LogP contribution in [-0.4, -0.2) is 5.75 Å². The van der Waals surface area contributed by atoms with Crippen LogP contribution in [-0.2, 0) is 0 Å². The first-order valence-corrected chi connectivity index (χ1v) is 5.56. The fourth-order valence-corrected chi connectivity index (χ4v) is 2.68. The van der Waals surface area contributed by atoms with Crippen LogP contribution in [0.15, 0.2) is 10.5 Å². The summed E-state index contributed by atoms with van der Waals surface area (Å²) in [5.41, 5.74) is 1.66. The van der Waals surface area contributed by atoms with E-state index in [1.807, 2.05) is 11.8 Å². The minimum atomic E-state index is 0.845. The van der Waals surface area contributed by atoms with E-state index in [0.29, 0.717) is 0 Å². The molecule has 0 heterocycles. The molecule has 0 aromatic rings. The van der Waals surface area contributed by atoms with E-state index in [2.05, 4.69) is 20.8 Å². The van der Waals surface area contributed by atoms with Crippen molar-refractivity contribution in [2.45, 2.75) is 40.0 Å². The van der Waals surface area contributed by atoms with Crippen LogP contribution in [0.1, 0.15) is 40.0 Å². The van der Waals surface area contributed by atoms with Crippen LogP contribution in [0.5, 0.6) is 0 Å². The molecule has 1 aliphatic rings. The average molecular weight is 170 g/mol. The second-order valence-electron chi connectivity index (χ2n) is 3.33. The Labute approximate surface area is 74.5 Å². The Morgan fingerprint density at radius 2 is 2.27 bits per heavy atom. The zero-order chi connectivity index (χ0) is 8.27. The highest BCUT2D eigenvalue weighted by molar-refractivity contribution is 8.03. The van der Waals surface area contributed by atoms with E-state index < -0.39 is 0 Å². The first kappa shape index (κ1) is 9.18. The number of thioether (sulfide) groups is 1. The second kappa shape index (κ2) is 4.20. The van der Waals surface area contributed by atoms with Crippen LogP contribution < -0.4 is 0 Å². The Bertz CT molecular complexity index is 158. The maximum atomic E-state index is 2.35. The molecule has 1 aliphatic carbocycles. The Kier molecular flexibility index (Phi) is 3.50. The molecule has 1 rings (SSSR count). The van der Waals surface area contributed by atoms with Crippen molar-refractivity contribution in [2.24, 2.45) is 5.92 Å². The van der Waals surface area contributed by atoms with Gasteiger partial charge in [-0.05, 0) is 42.8 Å². The van der Waals surface area contributed by atoms with Gasteiger partial charge in [-0.3, -0.25) is 0 Å². The number of allylic oxidation sites excluding steroid dienone is 2. The van der Waals surface area contributed by atoms with Crippen molar-refractivity contribution in [1.82, 2.24) is 0 Å². The van der Waals surface area contributed by atoms with Crippen molar-refractivity contribution in [3.05, 3.63) is 10.5 Å². The first-order chi connectivity index (χ1) is 5.25. The monoisotopic (exact) mass is 170 g/mol. The minimum Gasteiger partial charge on any atom is -0.131 e. The van der Waals surface area contributed by atoms with Gasteiger partial charge in [0, 0.05) is 0 Å². The third-order valence-corrected chi connectivity index (χ3v) is 3.70. The van der Waals surface area contributed by atoms with Crippen molar-refractivity contribution in [3.63, 3.8) is 0 Å². The van der Waals surface area contributed by atoms with Crippen LogP contribution in [0.25, 0.3) is 0 Å². The van der Waals surface area contributed by atoms with Gasteiger partial charge in [0.25, 0.3) is 0 Å². The summed E-state index contributed by atoms with van der Waals surface area (Å²) in [5.74, 6) is 2.08. The average Bonchev–Trinajstić information content (AvgIpc) is 1.99. The summed E-state index contributed by atoms with van der Waals surface area (Å²) in [4.78, 5) is 1.67. The van der Waals surface area contributed by atoms with Gasteiger partial charge in [0.05, 0.1) is 0 Å². The maximum absolute atomic E-state index is 2.35. The van der Waals surface area contributed by atoms with Gasteiger partial charge in [0.15, 0.2) is 0 Å². The molecule has 0 aromatic heterocycles. The van der Waals surface area contributed by atoms with Crippen LogP contribution in [0.2, 0.25) is 0 Å². The second-order valence-corrected chi connectivity index (χ2v) is 4.69. The van der Waals surface area contributed by atoms with Crippen LogP contribution in [0, 0.1) is 5.92 Å². The molecule has 0 aliphatic heterocycles. The van der Waals surface area contributed by atoms with E-state index in [9.17, 15) is 0 Å². The first-order valence-electron chi connectivity index (χ1n) is 4.58. The Morgan fingerprint density at radius 3 is 2.91 bits per heavy atom. The van der Waals surface area contributed by atoms with Gasteiger partial charge < -0.3 is 0 Å². The summed E-state index contributed by atoms with van der Waals surface area (Å²) in [5, 5.41) is 0. The molecule has 0 bridgehead atoms. The summed E-state index contributed by atoms with van der Waals surface area (Å²) in [6.45, 7) is 6.90. The van der Waals surface area contributed by atoms with Gasteiger partial charge in [0.1, 0.15) is 0 Å². The lowest BCUT2D eigenvalue weighted by molar-refractivity contribution is 0.548. The van der Waals surface area contributed by atoms with E-state index in [-0.39, 0.29) is 0 Å². The number of hydrogen-bond donors (Lipinski definition) is 0. The number of hydrogen-bond acceptors (Lipinski definition) is 1. The van der Waals surface area contributed by atoms with E-state index in [0.717, 1.165) is 5.92 Å². The van der Waals surface area contributed by atoms with Crippen molar-refractivity contribution in [2.75, 3.05) is 5.75 Å². The van der Waals surface area contributed by atoms with Gasteiger partial charge in [0.2, 0.25) is 0 Å². The van der Waals surface area contributed by atoms with Crippen LogP contribution in [0.3, 0.4) is 0 Å². The molecule has 0 aromatic carbocycles. The molecule has 0 spiro atoms. The molecule has 11 heavy (non-hydrogen) atoms. The third-order valence-electron chi connectivity index (χ3n) is 2.54. The largest absolute Gasteiger partial charge is 0.131 e. The topological polar surface area (TPSA) is 0 Å². The highest BCUT2D eigenvalue weighted by atomic mass is 32.2. The highest BCUT2D eigenvalue weighted by Crippen LogP contribution is 2.35. The zero-order valence-electron chi connectivity index (χ0n) is 7.81. The minimum absolute atomic E-state index is 0.845. The molecule has 0 radical (unpaired) electrons. The Hall–Kier alpha value is 0.0900. The lowest BCUT2D eigenvalue weighted by Crippen LogP contribution is -2.05. The fourth-order valence-electron chi connectivity index (χ4n) is 1.62. The molecule has 0 saturated carbocycles. The van der Waals surface area contributed by atoms with Gasteiger partial charge in [-0.25, -0.2) is 0 Å². The van der Waals surface area contributed by atoms with E-state index in [4.69, 9.17) is 0 Å². The molecule has 1 unspecified atom stereocenters. The molecule has 1 heteroatoms. The van der Waals surface area contributed by atoms with Crippen molar-refractivity contribution < 1.29 is 0 Å². The molecular weight excluding hydrogens is 152 g/mol. The molecule has 0 fully saturated rings. The normalized spacial score (nSPS) is 25.9. The standard InChI is InChI=1S/C10H18S/c1-4-11-10-7-5-6-8(2)9(10)3/h8H,4-7H2,1-3H3. The predicted octanol–water partition coefficient (Wildman–Crippen LogP) is 3.83.